The highest BCUT2D eigenvalue weighted by molar-refractivity contribution is 5.28. The van der Waals surface area contributed by atoms with Crippen LogP contribution in [0.2, 0.25) is 0 Å². The lowest BCUT2D eigenvalue weighted by Crippen LogP contribution is -2.45. The molecule has 0 aromatic heterocycles. The van der Waals surface area contributed by atoms with E-state index in [0.29, 0.717) is 5.56 Å². The zero-order chi connectivity index (χ0) is 11.8. The van der Waals surface area contributed by atoms with Crippen molar-refractivity contribution in [1.29, 1.82) is 0 Å². The molecule has 1 aromatic carbocycles. The summed E-state index contributed by atoms with van der Waals surface area (Å²) in [6.07, 6.45) is 3.81. The average molecular weight is 225 g/mol. The molecule has 2 N–H and O–H groups in total. The fraction of sp³-hybridized carbons (Fsp3) is 0.538. The first-order valence-electron chi connectivity index (χ1n) is 5.79. The topological polar surface area (TPSA) is 26.0 Å². The summed E-state index contributed by atoms with van der Waals surface area (Å²) < 4.78 is 27.0. The van der Waals surface area contributed by atoms with E-state index in [1.165, 1.54) is 6.07 Å². The van der Waals surface area contributed by atoms with Crippen LogP contribution in [0, 0.1) is 17.6 Å². The summed E-state index contributed by atoms with van der Waals surface area (Å²) in [4.78, 5) is 0. The molecule has 0 heterocycles. The van der Waals surface area contributed by atoms with Crippen molar-refractivity contribution in [3.05, 3.63) is 35.4 Å². The van der Waals surface area contributed by atoms with Gasteiger partial charge in [-0.2, -0.15) is 0 Å². The summed E-state index contributed by atoms with van der Waals surface area (Å²) in [5, 5.41) is 0. The Morgan fingerprint density at radius 1 is 1.31 bits per heavy atom. The number of halogens is 2. The smallest absolute Gasteiger partial charge is 0.163 e. The van der Waals surface area contributed by atoms with Gasteiger partial charge in [0.25, 0.3) is 0 Å². The van der Waals surface area contributed by atoms with Gasteiger partial charge in [-0.05, 0) is 24.8 Å². The maximum absolute atomic E-state index is 13.7. The first-order valence-corrected chi connectivity index (χ1v) is 5.79. The Kier molecular flexibility index (Phi) is 2.98. The predicted molar refractivity (Wildman–Crippen MR) is 59.9 cm³/mol. The van der Waals surface area contributed by atoms with E-state index in [1.807, 2.05) is 6.92 Å². The molecule has 1 aliphatic rings. The van der Waals surface area contributed by atoms with Crippen molar-refractivity contribution in [3.63, 3.8) is 0 Å². The predicted octanol–water partition coefficient (Wildman–Crippen LogP) is 3.33. The van der Waals surface area contributed by atoms with Crippen LogP contribution < -0.4 is 5.73 Å². The first kappa shape index (κ1) is 11.5. The molecule has 2 rings (SSSR count). The van der Waals surface area contributed by atoms with Gasteiger partial charge in [-0.15, -0.1) is 0 Å². The van der Waals surface area contributed by atoms with Crippen molar-refractivity contribution in [1.82, 2.24) is 0 Å². The third kappa shape index (κ3) is 1.73. The van der Waals surface area contributed by atoms with Crippen LogP contribution in [0.25, 0.3) is 0 Å². The van der Waals surface area contributed by atoms with Gasteiger partial charge in [0.1, 0.15) is 0 Å². The summed E-state index contributed by atoms with van der Waals surface area (Å²) in [5.41, 5.74) is 5.92. The summed E-state index contributed by atoms with van der Waals surface area (Å²) in [5.74, 6) is -1.39. The van der Waals surface area contributed by atoms with Crippen molar-refractivity contribution >= 4 is 0 Å². The van der Waals surface area contributed by atoms with Crippen molar-refractivity contribution in [2.75, 3.05) is 0 Å². The maximum Gasteiger partial charge on any atom is 0.163 e. The average Bonchev–Trinajstić information content (AvgIpc) is 2.26. The van der Waals surface area contributed by atoms with Gasteiger partial charge < -0.3 is 5.73 Å². The summed E-state index contributed by atoms with van der Waals surface area (Å²) in [7, 11) is 0. The largest absolute Gasteiger partial charge is 0.321 e. The molecule has 1 nitrogen and oxygen atoms in total. The molecular formula is C13H17F2N. The van der Waals surface area contributed by atoms with Gasteiger partial charge in [-0.3, -0.25) is 0 Å². The Morgan fingerprint density at radius 2 is 2.06 bits per heavy atom. The molecule has 16 heavy (non-hydrogen) atoms. The highest BCUT2D eigenvalue weighted by atomic mass is 19.2. The number of benzene rings is 1. The number of nitrogens with two attached hydrogens (primary N) is 1. The van der Waals surface area contributed by atoms with Gasteiger partial charge in [-0.1, -0.05) is 31.9 Å². The van der Waals surface area contributed by atoms with Crippen LogP contribution in [0.15, 0.2) is 18.2 Å². The van der Waals surface area contributed by atoms with E-state index < -0.39 is 17.2 Å². The second kappa shape index (κ2) is 4.13. The molecule has 3 heteroatoms. The van der Waals surface area contributed by atoms with E-state index in [0.717, 1.165) is 31.7 Å². The Hall–Kier alpha value is -0.960. The van der Waals surface area contributed by atoms with Crippen LogP contribution in [0.1, 0.15) is 38.2 Å². The van der Waals surface area contributed by atoms with Gasteiger partial charge in [0.2, 0.25) is 0 Å². The quantitative estimate of drug-likeness (QED) is 0.779. The van der Waals surface area contributed by atoms with E-state index in [-0.39, 0.29) is 5.92 Å². The minimum atomic E-state index is -0.805. The molecule has 0 saturated heterocycles. The summed E-state index contributed by atoms with van der Waals surface area (Å²) in [6, 6.07) is 4.28. The SMILES string of the molecule is CC1CCCCC1(N)c1cccc(F)c1F. The normalized spacial score (nSPS) is 30.4. The molecule has 2 unspecified atom stereocenters. The molecular weight excluding hydrogens is 208 g/mol. The van der Waals surface area contributed by atoms with Crippen LogP contribution in [0.4, 0.5) is 8.78 Å². The number of hydrogen-bond acceptors (Lipinski definition) is 1. The molecule has 2 atom stereocenters. The molecule has 1 aliphatic carbocycles. The van der Waals surface area contributed by atoms with Crippen LogP contribution >= 0.6 is 0 Å². The third-order valence-electron chi connectivity index (χ3n) is 3.81. The van der Waals surface area contributed by atoms with E-state index in [9.17, 15) is 8.78 Å². The summed E-state index contributed by atoms with van der Waals surface area (Å²) in [6.45, 7) is 2.02. The highest BCUT2D eigenvalue weighted by Gasteiger charge is 2.38. The van der Waals surface area contributed by atoms with E-state index in [1.54, 1.807) is 6.07 Å². The maximum atomic E-state index is 13.7. The first-order chi connectivity index (χ1) is 7.55. The zero-order valence-corrected chi connectivity index (χ0v) is 9.47. The monoisotopic (exact) mass is 225 g/mol. The van der Waals surface area contributed by atoms with Crippen molar-refractivity contribution < 1.29 is 8.78 Å². The summed E-state index contributed by atoms with van der Waals surface area (Å²) >= 11 is 0. The van der Waals surface area contributed by atoms with Crippen LogP contribution in [0.5, 0.6) is 0 Å². The fourth-order valence-corrected chi connectivity index (χ4v) is 2.64. The van der Waals surface area contributed by atoms with E-state index >= 15 is 0 Å². The van der Waals surface area contributed by atoms with Gasteiger partial charge in [0.15, 0.2) is 11.6 Å². The van der Waals surface area contributed by atoms with Crippen molar-refractivity contribution in [2.24, 2.45) is 11.7 Å². The molecule has 0 amide bonds. The zero-order valence-electron chi connectivity index (χ0n) is 9.47. The Labute approximate surface area is 94.7 Å². The molecule has 1 aromatic rings. The van der Waals surface area contributed by atoms with Crippen LogP contribution in [-0.4, -0.2) is 0 Å². The molecule has 1 fully saturated rings. The molecule has 0 bridgehead atoms. The van der Waals surface area contributed by atoms with Gasteiger partial charge in [0, 0.05) is 11.1 Å². The van der Waals surface area contributed by atoms with Crippen molar-refractivity contribution in [2.45, 2.75) is 38.1 Å². The van der Waals surface area contributed by atoms with E-state index in [4.69, 9.17) is 5.73 Å². The minimum Gasteiger partial charge on any atom is -0.321 e. The highest BCUT2D eigenvalue weighted by Crippen LogP contribution is 2.40. The van der Waals surface area contributed by atoms with Gasteiger partial charge in [0.05, 0.1) is 0 Å². The Bertz CT molecular complexity index is 392. The van der Waals surface area contributed by atoms with Crippen LogP contribution in [0.3, 0.4) is 0 Å². The molecule has 1 saturated carbocycles. The van der Waals surface area contributed by atoms with Gasteiger partial charge >= 0.3 is 0 Å². The van der Waals surface area contributed by atoms with Crippen LogP contribution in [-0.2, 0) is 5.54 Å². The fourth-order valence-electron chi connectivity index (χ4n) is 2.64. The Balaban J connectivity index is 2.45. The standard InChI is InChI=1S/C13H17F2N/c1-9-5-2-3-8-13(9,16)10-6-4-7-11(14)12(10)15/h4,6-7,9H,2-3,5,8,16H2,1H3. The lowest BCUT2D eigenvalue weighted by Gasteiger charge is -2.40. The lowest BCUT2D eigenvalue weighted by molar-refractivity contribution is 0.199. The third-order valence-corrected chi connectivity index (χ3v) is 3.81. The second-order valence-electron chi connectivity index (χ2n) is 4.79. The lowest BCUT2D eigenvalue weighted by atomic mass is 9.70. The Morgan fingerprint density at radius 3 is 2.75 bits per heavy atom. The number of rotatable bonds is 1. The minimum absolute atomic E-state index is 0.192. The molecule has 88 valence electrons. The molecule has 0 spiro atoms. The molecule has 0 radical (unpaired) electrons. The van der Waals surface area contributed by atoms with Crippen molar-refractivity contribution in [3.8, 4) is 0 Å². The van der Waals surface area contributed by atoms with Gasteiger partial charge in [-0.25, -0.2) is 8.78 Å². The van der Waals surface area contributed by atoms with E-state index in [2.05, 4.69) is 0 Å². The number of hydrogen-bond donors (Lipinski definition) is 1. The second-order valence-corrected chi connectivity index (χ2v) is 4.79. The molecule has 0 aliphatic heterocycles.